The van der Waals surface area contributed by atoms with Gasteiger partial charge in [0, 0.05) is 19.6 Å². The first-order valence-corrected chi connectivity index (χ1v) is 6.59. The van der Waals surface area contributed by atoms with Crippen molar-refractivity contribution in [3.63, 3.8) is 0 Å². The number of hydrogen-bond donors (Lipinski definition) is 1. The van der Waals surface area contributed by atoms with E-state index < -0.39 is 6.29 Å². The summed E-state index contributed by atoms with van der Waals surface area (Å²) >= 11 is 0. The van der Waals surface area contributed by atoms with Crippen LogP contribution in [0.15, 0.2) is 53.1 Å². The van der Waals surface area contributed by atoms with Gasteiger partial charge in [0.05, 0.1) is 11.8 Å². The lowest BCUT2D eigenvalue weighted by Crippen LogP contribution is -2.04. The zero-order valence-electron chi connectivity index (χ0n) is 11.9. The highest BCUT2D eigenvalue weighted by atomic mass is 16.7. The second kappa shape index (κ2) is 5.60. The normalized spacial score (nSPS) is 11.4. The molecule has 0 bridgehead atoms. The molecule has 4 nitrogen and oxygen atoms in total. The minimum Gasteiger partial charge on any atom is -0.508 e. The summed E-state index contributed by atoms with van der Waals surface area (Å²) in [5.74, 6) is 0.248. The molecule has 0 atom stereocenters. The van der Waals surface area contributed by atoms with Crippen molar-refractivity contribution in [2.24, 2.45) is 0 Å². The SMILES string of the molecule is COC(OC)c1ccc(-c2ccc(O)cc2)c2ccoc12. The van der Waals surface area contributed by atoms with Crippen molar-refractivity contribution in [3.8, 4) is 16.9 Å². The van der Waals surface area contributed by atoms with E-state index in [0.29, 0.717) is 0 Å². The molecule has 1 aromatic heterocycles. The molecule has 0 unspecified atom stereocenters. The van der Waals surface area contributed by atoms with Crippen molar-refractivity contribution in [3.05, 3.63) is 54.3 Å². The van der Waals surface area contributed by atoms with Crippen molar-refractivity contribution in [2.75, 3.05) is 14.2 Å². The number of rotatable bonds is 4. The average molecular weight is 284 g/mol. The Morgan fingerprint density at radius 1 is 0.952 bits per heavy atom. The van der Waals surface area contributed by atoms with Crippen molar-refractivity contribution in [1.82, 2.24) is 0 Å². The number of phenols is 1. The quantitative estimate of drug-likeness (QED) is 0.733. The molecule has 1 N–H and O–H groups in total. The Kier molecular flexibility index (Phi) is 3.64. The van der Waals surface area contributed by atoms with Gasteiger partial charge in [0.1, 0.15) is 11.3 Å². The monoisotopic (exact) mass is 284 g/mol. The fourth-order valence-corrected chi connectivity index (χ4v) is 2.51. The van der Waals surface area contributed by atoms with E-state index in [-0.39, 0.29) is 5.75 Å². The van der Waals surface area contributed by atoms with Gasteiger partial charge in [-0.3, -0.25) is 0 Å². The zero-order valence-corrected chi connectivity index (χ0v) is 11.9. The Hall–Kier alpha value is -2.30. The van der Waals surface area contributed by atoms with E-state index in [2.05, 4.69) is 0 Å². The first-order valence-electron chi connectivity index (χ1n) is 6.59. The standard InChI is InChI=1S/C17H16O4/c1-19-17(20-2)15-8-7-13(14-9-10-21-16(14)15)11-3-5-12(18)6-4-11/h3-10,17-18H,1-2H3. The van der Waals surface area contributed by atoms with Crippen LogP contribution in [0.3, 0.4) is 0 Å². The maximum absolute atomic E-state index is 9.41. The van der Waals surface area contributed by atoms with E-state index in [4.69, 9.17) is 13.9 Å². The second-order valence-corrected chi connectivity index (χ2v) is 4.72. The summed E-state index contributed by atoms with van der Waals surface area (Å²) in [5, 5.41) is 10.4. The molecule has 3 rings (SSSR count). The molecule has 0 saturated heterocycles. The fraction of sp³-hybridized carbons (Fsp3) is 0.176. The molecule has 4 heteroatoms. The summed E-state index contributed by atoms with van der Waals surface area (Å²) < 4.78 is 16.2. The van der Waals surface area contributed by atoms with Crippen LogP contribution in [0.1, 0.15) is 11.9 Å². The molecular formula is C17H16O4. The summed E-state index contributed by atoms with van der Waals surface area (Å²) in [6.45, 7) is 0. The molecule has 0 aliphatic rings. The zero-order chi connectivity index (χ0) is 14.8. The Bertz CT molecular complexity index is 739. The molecule has 0 aliphatic heterocycles. The van der Waals surface area contributed by atoms with Crippen LogP contribution in [0, 0.1) is 0 Å². The summed E-state index contributed by atoms with van der Waals surface area (Å²) in [6.07, 6.45) is 1.19. The molecular weight excluding hydrogens is 268 g/mol. The van der Waals surface area contributed by atoms with Crippen LogP contribution in [0.2, 0.25) is 0 Å². The number of furan rings is 1. The average Bonchev–Trinajstić information content (AvgIpc) is 2.99. The van der Waals surface area contributed by atoms with Crippen molar-refractivity contribution < 1.29 is 19.0 Å². The molecule has 2 aromatic carbocycles. The van der Waals surface area contributed by atoms with E-state index >= 15 is 0 Å². The summed E-state index contributed by atoms with van der Waals surface area (Å²) in [7, 11) is 3.19. The number of benzene rings is 2. The maximum Gasteiger partial charge on any atom is 0.186 e. The van der Waals surface area contributed by atoms with Gasteiger partial charge in [-0.05, 0) is 35.4 Å². The molecule has 0 fully saturated rings. The molecule has 1 heterocycles. The van der Waals surface area contributed by atoms with Gasteiger partial charge in [-0.1, -0.05) is 18.2 Å². The van der Waals surface area contributed by atoms with E-state index in [9.17, 15) is 5.11 Å². The van der Waals surface area contributed by atoms with Gasteiger partial charge in [0.15, 0.2) is 6.29 Å². The lowest BCUT2D eigenvalue weighted by molar-refractivity contribution is -0.105. The van der Waals surface area contributed by atoms with Gasteiger partial charge >= 0.3 is 0 Å². The number of aromatic hydroxyl groups is 1. The highest BCUT2D eigenvalue weighted by molar-refractivity contribution is 5.95. The molecule has 0 amide bonds. The molecule has 0 aliphatic carbocycles. The lowest BCUT2D eigenvalue weighted by Gasteiger charge is -2.15. The minimum absolute atomic E-state index is 0.248. The Morgan fingerprint density at radius 2 is 1.67 bits per heavy atom. The van der Waals surface area contributed by atoms with E-state index in [0.717, 1.165) is 27.7 Å². The summed E-state index contributed by atoms with van der Waals surface area (Å²) in [4.78, 5) is 0. The Morgan fingerprint density at radius 3 is 2.33 bits per heavy atom. The highest BCUT2D eigenvalue weighted by Crippen LogP contribution is 2.35. The third-order valence-electron chi connectivity index (χ3n) is 3.51. The Labute approximate surface area is 122 Å². The fourth-order valence-electron chi connectivity index (χ4n) is 2.51. The smallest absolute Gasteiger partial charge is 0.186 e. The first kappa shape index (κ1) is 13.7. The second-order valence-electron chi connectivity index (χ2n) is 4.72. The number of fused-ring (bicyclic) bond motifs is 1. The topological polar surface area (TPSA) is 51.8 Å². The number of methoxy groups -OCH3 is 2. The third kappa shape index (κ3) is 2.39. The molecule has 21 heavy (non-hydrogen) atoms. The predicted molar refractivity (Wildman–Crippen MR) is 80.1 cm³/mol. The number of phenolic OH excluding ortho intramolecular Hbond substituents is 1. The molecule has 0 spiro atoms. The largest absolute Gasteiger partial charge is 0.508 e. The van der Waals surface area contributed by atoms with Crippen LogP contribution < -0.4 is 0 Å². The predicted octanol–water partition coefficient (Wildman–Crippen LogP) is 4.10. The summed E-state index contributed by atoms with van der Waals surface area (Å²) in [6, 6.07) is 13.0. The van der Waals surface area contributed by atoms with Crippen LogP contribution in [0.25, 0.3) is 22.1 Å². The van der Waals surface area contributed by atoms with Gasteiger partial charge in [0.2, 0.25) is 0 Å². The Balaban J connectivity index is 2.16. The van der Waals surface area contributed by atoms with E-state index in [1.54, 1.807) is 32.6 Å². The van der Waals surface area contributed by atoms with Crippen LogP contribution in [-0.4, -0.2) is 19.3 Å². The number of ether oxygens (including phenoxy) is 2. The van der Waals surface area contributed by atoms with Gasteiger partial charge in [-0.25, -0.2) is 0 Å². The van der Waals surface area contributed by atoms with Crippen LogP contribution in [0.4, 0.5) is 0 Å². The van der Waals surface area contributed by atoms with Gasteiger partial charge in [-0.2, -0.15) is 0 Å². The van der Waals surface area contributed by atoms with Gasteiger partial charge in [0.25, 0.3) is 0 Å². The van der Waals surface area contributed by atoms with Gasteiger partial charge in [-0.15, -0.1) is 0 Å². The number of hydrogen-bond acceptors (Lipinski definition) is 4. The van der Waals surface area contributed by atoms with Crippen LogP contribution in [-0.2, 0) is 9.47 Å². The van der Waals surface area contributed by atoms with Crippen LogP contribution >= 0.6 is 0 Å². The first-order chi connectivity index (χ1) is 10.2. The van der Waals surface area contributed by atoms with Gasteiger partial charge < -0.3 is 19.0 Å². The molecule has 0 radical (unpaired) electrons. The molecule has 108 valence electrons. The molecule has 0 saturated carbocycles. The van der Waals surface area contributed by atoms with E-state index in [1.807, 2.05) is 30.3 Å². The summed E-state index contributed by atoms with van der Waals surface area (Å²) in [5.41, 5.74) is 3.64. The van der Waals surface area contributed by atoms with Crippen molar-refractivity contribution in [1.29, 1.82) is 0 Å². The highest BCUT2D eigenvalue weighted by Gasteiger charge is 2.17. The van der Waals surface area contributed by atoms with E-state index in [1.165, 1.54) is 0 Å². The van der Waals surface area contributed by atoms with Crippen molar-refractivity contribution >= 4 is 11.0 Å². The third-order valence-corrected chi connectivity index (χ3v) is 3.51. The lowest BCUT2D eigenvalue weighted by atomic mass is 9.99. The minimum atomic E-state index is -0.465. The van der Waals surface area contributed by atoms with Crippen molar-refractivity contribution in [2.45, 2.75) is 6.29 Å². The van der Waals surface area contributed by atoms with Crippen LogP contribution in [0.5, 0.6) is 5.75 Å². The maximum atomic E-state index is 9.41. The molecule has 3 aromatic rings.